The van der Waals surface area contributed by atoms with Gasteiger partial charge in [-0.25, -0.2) is 9.97 Å². The molecule has 146 valence electrons. The van der Waals surface area contributed by atoms with Crippen LogP contribution in [0.4, 0.5) is 5.13 Å². The van der Waals surface area contributed by atoms with Gasteiger partial charge in [0, 0.05) is 11.6 Å². The average Bonchev–Trinajstić information content (AvgIpc) is 3.40. The fraction of sp³-hybridized carbons (Fsp3) is 0.143. The highest BCUT2D eigenvalue weighted by Crippen LogP contribution is 2.35. The van der Waals surface area contributed by atoms with Gasteiger partial charge in [0.1, 0.15) is 0 Å². The van der Waals surface area contributed by atoms with E-state index in [0.717, 1.165) is 10.6 Å². The number of Topliss-reactive ketones (excluding diaryl/α,β-unsaturated/α-hetero) is 1. The Kier molecular flexibility index (Phi) is 5.12. The molecule has 3 aromatic rings. The van der Waals surface area contributed by atoms with Crippen molar-refractivity contribution in [2.75, 3.05) is 4.90 Å². The van der Waals surface area contributed by atoms with Crippen LogP contribution < -0.4 is 4.90 Å². The van der Waals surface area contributed by atoms with Gasteiger partial charge >= 0.3 is 0 Å². The van der Waals surface area contributed by atoms with Gasteiger partial charge in [-0.3, -0.25) is 14.5 Å². The predicted octanol–water partition coefficient (Wildman–Crippen LogP) is 4.34. The second-order valence-electron chi connectivity index (χ2n) is 6.44. The molecule has 0 spiro atoms. The fourth-order valence-electron chi connectivity index (χ4n) is 3.22. The van der Waals surface area contributed by atoms with Crippen LogP contribution in [-0.4, -0.2) is 32.8 Å². The number of amides is 1. The van der Waals surface area contributed by atoms with Crippen LogP contribution in [0.3, 0.4) is 0 Å². The van der Waals surface area contributed by atoms with Gasteiger partial charge in [0.25, 0.3) is 5.91 Å². The minimum absolute atomic E-state index is 0.0455. The number of benzene rings is 1. The van der Waals surface area contributed by atoms with Crippen molar-refractivity contribution in [3.8, 4) is 0 Å². The van der Waals surface area contributed by atoms with Crippen LogP contribution >= 0.6 is 22.7 Å². The van der Waals surface area contributed by atoms with E-state index in [4.69, 9.17) is 0 Å². The molecular weight excluding hydrogens is 406 g/mol. The summed E-state index contributed by atoms with van der Waals surface area (Å²) in [6, 6.07) is 8.80. The Morgan fingerprint density at radius 2 is 2.00 bits per heavy atom. The number of aryl methyl sites for hydroxylation is 2. The molecule has 4 rings (SSSR count). The van der Waals surface area contributed by atoms with Gasteiger partial charge in [-0.2, -0.15) is 0 Å². The third-order valence-corrected chi connectivity index (χ3v) is 6.34. The van der Waals surface area contributed by atoms with Crippen LogP contribution in [0.25, 0.3) is 6.08 Å². The lowest BCUT2D eigenvalue weighted by Crippen LogP contribution is -2.35. The van der Waals surface area contributed by atoms with Gasteiger partial charge in [0.15, 0.2) is 10.9 Å². The van der Waals surface area contributed by atoms with Crippen molar-refractivity contribution in [2.24, 2.45) is 0 Å². The second kappa shape index (κ2) is 7.73. The normalized spacial score (nSPS) is 17.0. The molecule has 0 saturated heterocycles. The topological polar surface area (TPSA) is 83.4 Å². The summed E-state index contributed by atoms with van der Waals surface area (Å²) in [5, 5.41) is 13.5. The van der Waals surface area contributed by atoms with E-state index < -0.39 is 17.7 Å². The highest BCUT2D eigenvalue weighted by molar-refractivity contribution is 7.14. The van der Waals surface area contributed by atoms with E-state index >= 15 is 0 Å². The molecule has 1 unspecified atom stereocenters. The molecule has 1 atom stereocenters. The number of carbonyl (C=O) groups is 2. The highest BCUT2D eigenvalue weighted by Gasteiger charge is 2.44. The van der Waals surface area contributed by atoms with Crippen molar-refractivity contribution in [1.29, 1.82) is 0 Å². The van der Waals surface area contributed by atoms with Crippen molar-refractivity contribution in [3.05, 3.63) is 80.5 Å². The van der Waals surface area contributed by atoms with E-state index in [0.29, 0.717) is 15.7 Å². The molecule has 29 heavy (non-hydrogen) atoms. The standard InChI is InChI=1S/C21H17N3O3S2/c1-12-19(29-13(2)23-12)17(25)16-15(9-8-14-6-4-3-5-7-14)24(20(27)18(16)26)21-22-10-11-28-21/h3-11,15,26H,1-2H3/b9-8+. The van der Waals surface area contributed by atoms with Crippen molar-refractivity contribution < 1.29 is 14.7 Å². The molecule has 1 N–H and O–H groups in total. The summed E-state index contributed by atoms with van der Waals surface area (Å²) < 4.78 is 0. The van der Waals surface area contributed by atoms with Gasteiger partial charge in [-0.1, -0.05) is 42.5 Å². The van der Waals surface area contributed by atoms with Crippen LogP contribution in [0.2, 0.25) is 0 Å². The first-order chi connectivity index (χ1) is 14.0. The van der Waals surface area contributed by atoms with E-state index in [9.17, 15) is 14.7 Å². The number of nitrogens with zero attached hydrogens (tertiary/aromatic N) is 3. The molecule has 0 radical (unpaired) electrons. The quantitative estimate of drug-likeness (QED) is 0.617. The van der Waals surface area contributed by atoms with E-state index in [2.05, 4.69) is 9.97 Å². The van der Waals surface area contributed by atoms with Crippen LogP contribution in [0.5, 0.6) is 0 Å². The fourth-order valence-corrected chi connectivity index (χ4v) is 4.77. The first-order valence-corrected chi connectivity index (χ1v) is 10.5. The number of rotatable bonds is 5. The minimum atomic E-state index is -0.761. The molecule has 2 aromatic heterocycles. The zero-order valence-corrected chi connectivity index (χ0v) is 17.3. The summed E-state index contributed by atoms with van der Waals surface area (Å²) in [4.78, 5) is 36.4. The summed E-state index contributed by atoms with van der Waals surface area (Å²) in [5.74, 6) is -1.57. The molecule has 6 nitrogen and oxygen atoms in total. The molecule has 0 aliphatic carbocycles. The molecule has 8 heteroatoms. The summed E-state index contributed by atoms with van der Waals surface area (Å²) >= 11 is 2.52. The number of carbonyl (C=O) groups excluding carboxylic acids is 2. The van der Waals surface area contributed by atoms with Crippen molar-refractivity contribution in [3.63, 3.8) is 0 Å². The van der Waals surface area contributed by atoms with Crippen molar-refractivity contribution in [1.82, 2.24) is 9.97 Å². The molecule has 0 fully saturated rings. The Balaban J connectivity index is 1.80. The second-order valence-corrected chi connectivity index (χ2v) is 8.52. The molecule has 1 amide bonds. The maximum absolute atomic E-state index is 13.3. The van der Waals surface area contributed by atoms with Gasteiger partial charge < -0.3 is 5.11 Å². The number of ketones is 1. The summed E-state index contributed by atoms with van der Waals surface area (Å²) in [6.45, 7) is 3.57. The molecule has 1 aromatic carbocycles. The molecule has 1 aliphatic heterocycles. The summed E-state index contributed by atoms with van der Waals surface area (Å²) in [5.41, 5.74) is 1.55. The zero-order chi connectivity index (χ0) is 20.5. The van der Waals surface area contributed by atoms with Crippen LogP contribution in [0.1, 0.15) is 25.9 Å². The van der Waals surface area contributed by atoms with Crippen LogP contribution in [-0.2, 0) is 4.79 Å². The lowest BCUT2D eigenvalue weighted by Gasteiger charge is -2.21. The van der Waals surface area contributed by atoms with E-state index in [1.165, 1.54) is 27.6 Å². The molecule has 3 heterocycles. The number of thiazole rings is 2. The highest BCUT2D eigenvalue weighted by atomic mass is 32.1. The number of aliphatic hydroxyl groups is 1. The average molecular weight is 424 g/mol. The van der Waals surface area contributed by atoms with Crippen molar-refractivity contribution >= 4 is 45.6 Å². The smallest absolute Gasteiger partial charge is 0.296 e. The Labute approximate surface area is 175 Å². The maximum atomic E-state index is 13.3. The SMILES string of the molecule is Cc1nc(C)c(C(=O)C2=C(O)C(=O)N(c3nccs3)C2/C=C/c2ccccc2)s1. The van der Waals surface area contributed by atoms with E-state index in [1.54, 1.807) is 24.6 Å². The van der Waals surface area contributed by atoms with Gasteiger partial charge in [-0.05, 0) is 19.4 Å². The van der Waals surface area contributed by atoms with E-state index in [-0.39, 0.29) is 11.4 Å². The van der Waals surface area contributed by atoms with Crippen LogP contribution in [0, 0.1) is 13.8 Å². The minimum Gasteiger partial charge on any atom is -0.503 e. The van der Waals surface area contributed by atoms with Crippen molar-refractivity contribution in [2.45, 2.75) is 19.9 Å². The lowest BCUT2D eigenvalue weighted by atomic mass is 10.0. The van der Waals surface area contributed by atoms with Gasteiger partial charge in [0.05, 0.1) is 27.2 Å². The third kappa shape index (κ3) is 3.52. The lowest BCUT2D eigenvalue weighted by molar-refractivity contribution is -0.116. The first kappa shape index (κ1) is 19.2. The molecule has 1 aliphatic rings. The van der Waals surface area contributed by atoms with Crippen LogP contribution in [0.15, 0.2) is 59.3 Å². The van der Waals surface area contributed by atoms with E-state index in [1.807, 2.05) is 43.3 Å². The Bertz CT molecular complexity index is 1130. The van der Waals surface area contributed by atoms with Gasteiger partial charge in [-0.15, -0.1) is 22.7 Å². The first-order valence-electron chi connectivity index (χ1n) is 8.85. The number of aromatic nitrogens is 2. The Morgan fingerprint density at radius 1 is 1.24 bits per heavy atom. The number of hydrogen-bond donors (Lipinski definition) is 1. The Morgan fingerprint density at radius 3 is 2.62 bits per heavy atom. The monoisotopic (exact) mass is 423 g/mol. The third-order valence-electron chi connectivity index (χ3n) is 4.50. The predicted molar refractivity (Wildman–Crippen MR) is 114 cm³/mol. The summed E-state index contributed by atoms with van der Waals surface area (Å²) in [7, 11) is 0. The largest absolute Gasteiger partial charge is 0.503 e. The molecule has 0 saturated carbocycles. The molecular formula is C21H17N3O3S2. The summed E-state index contributed by atoms with van der Waals surface area (Å²) in [6.07, 6.45) is 5.16. The Hall–Kier alpha value is -3.10. The maximum Gasteiger partial charge on any atom is 0.296 e. The zero-order valence-electron chi connectivity index (χ0n) is 15.7. The molecule has 0 bridgehead atoms. The number of anilines is 1. The van der Waals surface area contributed by atoms with Gasteiger partial charge in [0.2, 0.25) is 5.78 Å². The number of hydrogen-bond acceptors (Lipinski definition) is 7. The number of aliphatic hydroxyl groups excluding tert-OH is 1.